The van der Waals surface area contributed by atoms with Crippen molar-refractivity contribution in [3.05, 3.63) is 48.2 Å². The molecule has 14 heteroatoms. The molecule has 4 fully saturated rings. The fourth-order valence-corrected chi connectivity index (χ4v) is 8.52. The van der Waals surface area contributed by atoms with Gasteiger partial charge in [0.05, 0.1) is 18.3 Å². The van der Waals surface area contributed by atoms with Crippen LogP contribution in [-0.2, 0) is 9.53 Å². The van der Waals surface area contributed by atoms with Gasteiger partial charge in [0.25, 0.3) is 0 Å². The molecule has 3 aliphatic heterocycles. The van der Waals surface area contributed by atoms with Crippen LogP contribution in [0, 0.1) is 18.3 Å². The molecule has 282 valence electrons. The van der Waals surface area contributed by atoms with Gasteiger partial charge in [0.15, 0.2) is 12.4 Å². The SMILES string of the molecule is C=CC(=O)N1CC2(CCN(c3nc(N4CC(CN(C)CCOC)C4)nc4c(OCC(F)(F)F)c(-c5c(C)ccc6[nH]ncc56)c(C5CC5)cc34)CC2)C1. The molecule has 4 aromatic rings. The maximum absolute atomic E-state index is 14.1. The zero-order valence-corrected chi connectivity index (χ0v) is 30.6. The number of aromatic amines is 1. The molecule has 2 aromatic carbocycles. The lowest BCUT2D eigenvalue weighted by atomic mass is 9.72. The smallest absolute Gasteiger partial charge is 0.422 e. The lowest BCUT2D eigenvalue weighted by Gasteiger charge is -2.54. The number of likely N-dealkylation sites (tertiary alicyclic amines) is 1. The summed E-state index contributed by atoms with van der Waals surface area (Å²) < 4.78 is 53.5. The summed E-state index contributed by atoms with van der Waals surface area (Å²) in [7, 11) is 3.78. The van der Waals surface area contributed by atoms with Crippen molar-refractivity contribution < 1.29 is 27.4 Å². The topological polar surface area (TPSA) is 103 Å². The predicted octanol–water partition coefficient (Wildman–Crippen LogP) is 5.93. The van der Waals surface area contributed by atoms with Gasteiger partial charge in [0.1, 0.15) is 11.3 Å². The van der Waals surface area contributed by atoms with E-state index in [4.69, 9.17) is 19.4 Å². The Morgan fingerprint density at radius 1 is 1.11 bits per heavy atom. The van der Waals surface area contributed by atoms with Crippen LogP contribution in [0.3, 0.4) is 0 Å². The molecule has 3 saturated heterocycles. The first kappa shape index (κ1) is 35.6. The molecule has 4 aliphatic rings. The number of amides is 1. The monoisotopic (exact) mass is 732 g/mol. The van der Waals surface area contributed by atoms with Crippen molar-refractivity contribution in [1.29, 1.82) is 0 Å². The first-order valence-corrected chi connectivity index (χ1v) is 18.6. The number of hydrogen-bond donors (Lipinski definition) is 1. The molecule has 1 N–H and O–H groups in total. The zero-order chi connectivity index (χ0) is 37.1. The lowest BCUT2D eigenvalue weighted by Crippen LogP contribution is -2.61. The molecule has 0 unspecified atom stereocenters. The minimum Gasteiger partial charge on any atom is -0.481 e. The van der Waals surface area contributed by atoms with Gasteiger partial charge in [0.2, 0.25) is 11.9 Å². The molecular formula is C39H47F3N8O3. The Labute approximate surface area is 307 Å². The Kier molecular flexibility index (Phi) is 9.24. The van der Waals surface area contributed by atoms with E-state index < -0.39 is 12.8 Å². The summed E-state index contributed by atoms with van der Waals surface area (Å²) in [4.78, 5) is 31.0. The summed E-state index contributed by atoms with van der Waals surface area (Å²) in [5, 5.41) is 8.86. The van der Waals surface area contributed by atoms with Gasteiger partial charge in [-0.2, -0.15) is 23.3 Å². The van der Waals surface area contributed by atoms with E-state index in [0.717, 1.165) is 85.3 Å². The number of ether oxygens (including phenoxy) is 2. The molecule has 0 bridgehead atoms. The quantitative estimate of drug-likeness (QED) is 0.178. The number of alkyl halides is 3. The first-order chi connectivity index (χ1) is 25.5. The molecule has 2 aromatic heterocycles. The van der Waals surface area contributed by atoms with Gasteiger partial charge in [-0.1, -0.05) is 12.6 Å². The number of halogens is 3. The van der Waals surface area contributed by atoms with Crippen LogP contribution < -0.4 is 14.5 Å². The van der Waals surface area contributed by atoms with Crippen molar-refractivity contribution in [2.24, 2.45) is 11.3 Å². The number of fused-ring (bicyclic) bond motifs is 2. The van der Waals surface area contributed by atoms with Crippen molar-refractivity contribution in [2.45, 2.75) is 44.7 Å². The van der Waals surface area contributed by atoms with E-state index in [0.29, 0.717) is 61.1 Å². The molecule has 8 rings (SSSR count). The van der Waals surface area contributed by atoms with Crippen molar-refractivity contribution in [3.63, 3.8) is 0 Å². The average Bonchev–Trinajstić information content (AvgIpc) is 3.85. The highest BCUT2D eigenvalue weighted by Gasteiger charge is 2.47. The van der Waals surface area contributed by atoms with E-state index in [1.165, 1.54) is 6.08 Å². The minimum atomic E-state index is -4.56. The fraction of sp³-hybridized carbons (Fsp3) is 0.538. The fourth-order valence-electron chi connectivity index (χ4n) is 8.52. The number of methoxy groups -OCH3 is 1. The van der Waals surface area contributed by atoms with E-state index >= 15 is 0 Å². The van der Waals surface area contributed by atoms with Crippen LogP contribution in [-0.4, -0.2) is 122 Å². The Bertz CT molecular complexity index is 2020. The summed E-state index contributed by atoms with van der Waals surface area (Å²) >= 11 is 0. The van der Waals surface area contributed by atoms with Crippen molar-refractivity contribution >= 4 is 39.5 Å². The van der Waals surface area contributed by atoms with Crippen LogP contribution in [0.2, 0.25) is 0 Å². The molecule has 0 radical (unpaired) electrons. The van der Waals surface area contributed by atoms with E-state index in [1.807, 2.05) is 24.0 Å². The number of H-pyrrole nitrogens is 1. The first-order valence-electron chi connectivity index (χ1n) is 18.6. The second-order valence-electron chi connectivity index (χ2n) is 15.6. The van der Waals surface area contributed by atoms with Gasteiger partial charge in [-0.3, -0.25) is 9.89 Å². The largest absolute Gasteiger partial charge is 0.481 e. The number of piperidine rings is 1. The number of benzene rings is 2. The van der Waals surface area contributed by atoms with Gasteiger partial charge in [0, 0.05) is 87.1 Å². The highest BCUT2D eigenvalue weighted by molar-refractivity contribution is 6.06. The molecule has 1 aliphatic carbocycles. The van der Waals surface area contributed by atoms with Gasteiger partial charge >= 0.3 is 6.18 Å². The molecule has 5 heterocycles. The van der Waals surface area contributed by atoms with E-state index in [-0.39, 0.29) is 23.0 Å². The third-order valence-electron chi connectivity index (χ3n) is 11.6. The number of aromatic nitrogens is 4. The number of nitrogens with zero attached hydrogens (tertiary/aromatic N) is 7. The number of carbonyl (C=O) groups excluding carboxylic acids is 1. The molecule has 1 spiro atoms. The summed E-state index contributed by atoms with van der Waals surface area (Å²) in [6, 6.07) is 6.04. The summed E-state index contributed by atoms with van der Waals surface area (Å²) in [6.45, 7) is 10.9. The van der Waals surface area contributed by atoms with Gasteiger partial charge < -0.3 is 29.1 Å². The second-order valence-corrected chi connectivity index (χ2v) is 15.6. The van der Waals surface area contributed by atoms with Crippen LogP contribution >= 0.6 is 0 Å². The van der Waals surface area contributed by atoms with Gasteiger partial charge in [-0.05, 0) is 80.5 Å². The maximum Gasteiger partial charge on any atom is 0.422 e. The number of aryl methyl sites for hydroxylation is 1. The van der Waals surface area contributed by atoms with Crippen molar-refractivity contribution in [1.82, 2.24) is 30.0 Å². The van der Waals surface area contributed by atoms with Crippen LogP contribution in [0.15, 0.2) is 37.1 Å². The maximum atomic E-state index is 14.1. The van der Waals surface area contributed by atoms with Crippen LogP contribution in [0.4, 0.5) is 24.9 Å². The zero-order valence-electron chi connectivity index (χ0n) is 30.6. The molecule has 1 saturated carbocycles. The molecule has 11 nitrogen and oxygen atoms in total. The molecule has 1 amide bonds. The number of nitrogens with one attached hydrogen (secondary N) is 1. The number of rotatable bonds is 12. The third-order valence-corrected chi connectivity index (χ3v) is 11.6. The summed E-state index contributed by atoms with van der Waals surface area (Å²) in [5.41, 5.74) is 4.58. The summed E-state index contributed by atoms with van der Waals surface area (Å²) in [6.07, 6.45) is 2.17. The highest BCUT2D eigenvalue weighted by atomic mass is 19.4. The minimum absolute atomic E-state index is 0.0432. The number of anilines is 2. The second kappa shape index (κ2) is 13.8. The van der Waals surface area contributed by atoms with Crippen molar-refractivity contribution in [2.75, 3.05) is 89.5 Å². The Balaban J connectivity index is 1.24. The highest BCUT2D eigenvalue weighted by Crippen LogP contribution is 2.53. The van der Waals surface area contributed by atoms with Gasteiger partial charge in [-0.15, -0.1) is 0 Å². The normalized spacial score (nSPS) is 19.0. The average molecular weight is 733 g/mol. The van der Waals surface area contributed by atoms with Crippen LogP contribution in [0.1, 0.15) is 42.7 Å². The molecule has 53 heavy (non-hydrogen) atoms. The third kappa shape index (κ3) is 6.91. The Hall–Kier alpha value is -4.43. The lowest BCUT2D eigenvalue weighted by molar-refractivity contribution is -0.153. The molecule has 0 atom stereocenters. The predicted molar refractivity (Wildman–Crippen MR) is 199 cm³/mol. The molecular weight excluding hydrogens is 685 g/mol. The van der Waals surface area contributed by atoms with Gasteiger partial charge in [-0.25, -0.2) is 4.98 Å². The Morgan fingerprint density at radius 3 is 2.55 bits per heavy atom. The van der Waals surface area contributed by atoms with Crippen molar-refractivity contribution in [3.8, 4) is 16.9 Å². The number of likely N-dealkylation sites (N-methyl/N-ethyl adjacent to an activating group) is 1. The Morgan fingerprint density at radius 2 is 1.87 bits per heavy atom. The number of carbonyl (C=O) groups is 1. The van der Waals surface area contributed by atoms with E-state index in [9.17, 15) is 18.0 Å². The van der Waals surface area contributed by atoms with Crippen LogP contribution in [0.5, 0.6) is 5.75 Å². The standard InChI is InChI=1S/C39H47F3N8O3/c1-5-31(51)50-21-38(22-50)10-12-48(13-11-38)36-28-16-27(26-7-8-26)33(32-24(2)6-9-30-29(32)17-43-46-30)35(53-23-39(40,41)42)34(28)44-37(45-36)49-19-25(20-49)18-47(3)14-15-52-4/h5-6,9,16-17,25-26H,1,7-8,10-15,18-23H2,2-4H3,(H,43,46). The van der Waals surface area contributed by atoms with E-state index in [2.05, 4.69) is 44.6 Å². The van der Waals surface area contributed by atoms with E-state index in [1.54, 1.807) is 13.3 Å². The number of hydrogen-bond acceptors (Lipinski definition) is 9. The summed E-state index contributed by atoms with van der Waals surface area (Å²) in [5.74, 6) is 1.89. The van der Waals surface area contributed by atoms with Crippen LogP contribution in [0.25, 0.3) is 32.9 Å².